The van der Waals surface area contributed by atoms with Crippen LogP contribution in [0.15, 0.2) is 18.3 Å². The molecule has 0 saturated carbocycles. The van der Waals surface area contributed by atoms with Crippen molar-refractivity contribution in [1.29, 1.82) is 0 Å². The first-order valence-corrected chi connectivity index (χ1v) is 8.19. The Labute approximate surface area is 143 Å². The Morgan fingerprint density at radius 2 is 2.08 bits per heavy atom. The quantitative estimate of drug-likeness (QED) is 0.863. The molecule has 0 aromatic carbocycles. The van der Waals surface area contributed by atoms with Crippen LogP contribution in [0.5, 0.6) is 0 Å². The molecule has 0 aliphatic carbocycles. The van der Waals surface area contributed by atoms with Crippen LogP contribution in [0.25, 0.3) is 0 Å². The molecule has 1 aromatic heterocycles. The summed E-state index contributed by atoms with van der Waals surface area (Å²) in [4.78, 5) is 31.3. The van der Waals surface area contributed by atoms with E-state index in [0.29, 0.717) is 26.2 Å². The van der Waals surface area contributed by atoms with Crippen molar-refractivity contribution in [3.05, 3.63) is 29.6 Å². The van der Waals surface area contributed by atoms with Gasteiger partial charge in [0, 0.05) is 38.4 Å². The minimum absolute atomic E-state index is 0.0155. The Kier molecular flexibility index (Phi) is 4.94. The monoisotopic (exact) mass is 356 g/mol. The van der Waals surface area contributed by atoms with Crippen LogP contribution in [0.3, 0.4) is 0 Å². The summed E-state index contributed by atoms with van der Waals surface area (Å²) in [7, 11) is 0. The van der Waals surface area contributed by atoms with E-state index in [0.717, 1.165) is 37.7 Å². The number of pyridine rings is 1. The van der Waals surface area contributed by atoms with Crippen molar-refractivity contribution in [2.45, 2.75) is 25.1 Å². The number of nitrogens with one attached hydrogen (secondary N) is 1. The Morgan fingerprint density at radius 3 is 2.72 bits per heavy atom. The number of piperazine rings is 1. The molecular weight excluding hydrogens is 337 g/mol. The van der Waals surface area contributed by atoms with Crippen molar-refractivity contribution >= 4 is 11.8 Å². The third kappa shape index (κ3) is 3.92. The lowest BCUT2D eigenvalue weighted by Crippen LogP contribution is -2.57. The molecule has 25 heavy (non-hydrogen) atoms. The van der Waals surface area contributed by atoms with Crippen LogP contribution in [0.4, 0.5) is 13.2 Å². The van der Waals surface area contributed by atoms with Gasteiger partial charge in [0.1, 0.15) is 5.69 Å². The summed E-state index contributed by atoms with van der Waals surface area (Å²) in [5.41, 5.74) is -0.896. The normalized spacial score (nSPS) is 22.2. The molecule has 3 rings (SSSR count). The number of likely N-dealkylation sites (tertiary alicyclic amines) is 1. The molecular formula is C16H19F3N4O2. The van der Waals surface area contributed by atoms with Crippen molar-refractivity contribution in [2.24, 2.45) is 0 Å². The fourth-order valence-electron chi connectivity index (χ4n) is 3.27. The summed E-state index contributed by atoms with van der Waals surface area (Å²) in [6, 6.07) is 1.92. The zero-order valence-corrected chi connectivity index (χ0v) is 13.6. The second kappa shape index (κ2) is 6.99. The van der Waals surface area contributed by atoms with Crippen molar-refractivity contribution in [2.75, 3.05) is 32.7 Å². The summed E-state index contributed by atoms with van der Waals surface area (Å²) in [5, 5.41) is 3.01. The number of halogens is 3. The third-order valence-electron chi connectivity index (χ3n) is 4.55. The van der Waals surface area contributed by atoms with Crippen LogP contribution in [0.2, 0.25) is 0 Å². The minimum atomic E-state index is -4.53. The maximum absolute atomic E-state index is 12.6. The maximum Gasteiger partial charge on any atom is 0.433 e. The second-order valence-corrected chi connectivity index (χ2v) is 6.24. The molecule has 1 N–H and O–H groups in total. The van der Waals surface area contributed by atoms with E-state index in [1.807, 2.05) is 0 Å². The lowest BCUT2D eigenvalue weighted by molar-refractivity contribution is -0.141. The minimum Gasteiger partial charge on any atom is -0.337 e. The Hall–Kier alpha value is -2.16. The average molecular weight is 356 g/mol. The number of hydrogen-bond acceptors (Lipinski definition) is 4. The van der Waals surface area contributed by atoms with E-state index >= 15 is 0 Å². The van der Waals surface area contributed by atoms with Gasteiger partial charge in [0.05, 0.1) is 12.1 Å². The Bertz CT molecular complexity index is 648. The van der Waals surface area contributed by atoms with Gasteiger partial charge in [-0.1, -0.05) is 0 Å². The molecule has 2 saturated heterocycles. The van der Waals surface area contributed by atoms with Gasteiger partial charge >= 0.3 is 6.18 Å². The van der Waals surface area contributed by atoms with Crippen molar-refractivity contribution in [3.63, 3.8) is 0 Å². The van der Waals surface area contributed by atoms with E-state index in [1.165, 1.54) is 0 Å². The maximum atomic E-state index is 12.6. The zero-order valence-electron chi connectivity index (χ0n) is 13.6. The largest absolute Gasteiger partial charge is 0.433 e. The molecule has 0 bridgehead atoms. The van der Waals surface area contributed by atoms with Gasteiger partial charge in [-0.3, -0.25) is 14.6 Å². The Morgan fingerprint density at radius 1 is 1.28 bits per heavy atom. The number of carbonyl (C=O) groups is 2. The van der Waals surface area contributed by atoms with Gasteiger partial charge < -0.3 is 15.1 Å². The highest BCUT2D eigenvalue weighted by Gasteiger charge is 2.34. The van der Waals surface area contributed by atoms with Crippen LogP contribution in [0.1, 0.15) is 28.9 Å². The van der Waals surface area contributed by atoms with Crippen LogP contribution in [0, 0.1) is 0 Å². The number of amides is 2. The molecule has 2 amide bonds. The zero-order chi connectivity index (χ0) is 18.0. The number of aromatic nitrogens is 1. The Balaban J connectivity index is 1.68. The molecule has 9 heteroatoms. The van der Waals surface area contributed by atoms with Gasteiger partial charge in [0.15, 0.2) is 0 Å². The first-order valence-electron chi connectivity index (χ1n) is 8.19. The van der Waals surface area contributed by atoms with Gasteiger partial charge in [-0.2, -0.15) is 13.2 Å². The van der Waals surface area contributed by atoms with Crippen molar-refractivity contribution in [3.8, 4) is 0 Å². The van der Waals surface area contributed by atoms with Crippen molar-refractivity contribution in [1.82, 2.24) is 20.1 Å². The SMILES string of the molecule is O=C(c1ccc(C(F)(F)F)nc1)N1CCCC(N2CCNCC2=O)C1. The standard InChI is InChI=1S/C16H19F3N4O2/c17-16(18,19)13-4-3-11(8-21-13)15(25)22-6-1-2-12(10-22)23-7-5-20-9-14(23)24/h3-4,8,12,20H,1-2,5-7,9-10H2. The fourth-order valence-corrected chi connectivity index (χ4v) is 3.27. The number of hydrogen-bond donors (Lipinski definition) is 1. The second-order valence-electron chi connectivity index (χ2n) is 6.24. The molecule has 0 spiro atoms. The van der Waals surface area contributed by atoms with E-state index in [4.69, 9.17) is 0 Å². The van der Waals surface area contributed by atoms with E-state index in [2.05, 4.69) is 10.3 Å². The predicted molar refractivity (Wildman–Crippen MR) is 82.7 cm³/mol. The molecule has 2 aliphatic rings. The van der Waals surface area contributed by atoms with Crippen LogP contribution in [-0.2, 0) is 11.0 Å². The number of alkyl halides is 3. The highest BCUT2D eigenvalue weighted by Crippen LogP contribution is 2.27. The lowest BCUT2D eigenvalue weighted by Gasteiger charge is -2.41. The summed E-state index contributed by atoms with van der Waals surface area (Å²) in [6.07, 6.45) is -1.99. The number of piperidine rings is 1. The highest BCUT2D eigenvalue weighted by molar-refractivity contribution is 5.94. The van der Waals surface area contributed by atoms with E-state index in [1.54, 1.807) is 9.80 Å². The predicted octanol–water partition coefficient (Wildman–Crippen LogP) is 1.14. The molecule has 6 nitrogen and oxygen atoms in total. The van der Waals surface area contributed by atoms with Crippen LogP contribution >= 0.6 is 0 Å². The summed E-state index contributed by atoms with van der Waals surface area (Å²) < 4.78 is 37.7. The fraction of sp³-hybridized carbons (Fsp3) is 0.562. The molecule has 1 unspecified atom stereocenters. The molecule has 0 radical (unpaired) electrons. The lowest BCUT2D eigenvalue weighted by atomic mass is 10.0. The number of carbonyl (C=O) groups excluding carboxylic acids is 2. The molecule has 136 valence electrons. The molecule has 2 fully saturated rings. The topological polar surface area (TPSA) is 65.5 Å². The first-order chi connectivity index (χ1) is 11.9. The summed E-state index contributed by atoms with van der Waals surface area (Å²) >= 11 is 0. The first kappa shape index (κ1) is 17.7. The van der Waals surface area contributed by atoms with E-state index in [-0.39, 0.29) is 23.4 Å². The summed E-state index contributed by atoms with van der Waals surface area (Å²) in [6.45, 7) is 2.54. The molecule has 1 atom stereocenters. The molecule has 2 aliphatic heterocycles. The third-order valence-corrected chi connectivity index (χ3v) is 4.55. The molecule has 1 aromatic rings. The average Bonchev–Trinajstić information content (AvgIpc) is 2.61. The van der Waals surface area contributed by atoms with Crippen LogP contribution in [-0.4, -0.2) is 65.4 Å². The van der Waals surface area contributed by atoms with Gasteiger partial charge in [0.25, 0.3) is 5.91 Å². The van der Waals surface area contributed by atoms with Gasteiger partial charge in [-0.05, 0) is 25.0 Å². The van der Waals surface area contributed by atoms with Gasteiger partial charge in [-0.15, -0.1) is 0 Å². The number of nitrogens with zero attached hydrogens (tertiary/aromatic N) is 3. The summed E-state index contributed by atoms with van der Waals surface area (Å²) in [5.74, 6) is -0.338. The van der Waals surface area contributed by atoms with Gasteiger partial charge in [0.2, 0.25) is 5.91 Å². The van der Waals surface area contributed by atoms with E-state index in [9.17, 15) is 22.8 Å². The van der Waals surface area contributed by atoms with Gasteiger partial charge in [-0.25, -0.2) is 0 Å². The smallest absolute Gasteiger partial charge is 0.337 e. The van der Waals surface area contributed by atoms with Crippen LogP contribution < -0.4 is 5.32 Å². The highest BCUT2D eigenvalue weighted by atomic mass is 19.4. The van der Waals surface area contributed by atoms with Crippen molar-refractivity contribution < 1.29 is 22.8 Å². The number of rotatable bonds is 2. The van der Waals surface area contributed by atoms with E-state index < -0.39 is 11.9 Å². The molecule has 3 heterocycles.